The van der Waals surface area contributed by atoms with Crippen LogP contribution in [0.4, 0.5) is 5.69 Å². The van der Waals surface area contributed by atoms with E-state index in [4.69, 9.17) is 4.74 Å². The van der Waals surface area contributed by atoms with Crippen LogP contribution in [0.2, 0.25) is 0 Å². The molecule has 0 unspecified atom stereocenters. The summed E-state index contributed by atoms with van der Waals surface area (Å²) in [7, 11) is 0. The second-order valence-electron chi connectivity index (χ2n) is 5.76. The molecule has 0 radical (unpaired) electrons. The van der Waals surface area contributed by atoms with Crippen molar-refractivity contribution in [1.29, 1.82) is 0 Å². The zero-order valence-electron chi connectivity index (χ0n) is 13.2. The van der Waals surface area contributed by atoms with Crippen LogP contribution < -0.4 is 9.64 Å². The summed E-state index contributed by atoms with van der Waals surface area (Å²) in [6, 6.07) is 23.1. The van der Waals surface area contributed by atoms with Crippen molar-refractivity contribution in [2.45, 2.75) is 6.92 Å². The molecule has 4 rings (SSSR count). The first kappa shape index (κ1) is 13.9. The van der Waals surface area contributed by atoms with Crippen molar-refractivity contribution in [2.75, 3.05) is 18.0 Å². The molecule has 1 aliphatic heterocycles. The van der Waals surface area contributed by atoms with Gasteiger partial charge in [0.25, 0.3) is 0 Å². The lowest BCUT2D eigenvalue weighted by Crippen LogP contribution is -2.30. The summed E-state index contributed by atoms with van der Waals surface area (Å²) >= 11 is 0. The SMILES string of the molecule is CCN1C/C(=C\c2cccc3ccccc23)Oc2ccccc21. The zero-order valence-corrected chi connectivity index (χ0v) is 13.2. The van der Waals surface area contributed by atoms with Crippen LogP contribution in [0, 0.1) is 0 Å². The lowest BCUT2D eigenvalue weighted by atomic mass is 10.0. The van der Waals surface area contributed by atoms with Crippen LogP contribution in [-0.4, -0.2) is 13.1 Å². The fraction of sp³-hybridized carbons (Fsp3) is 0.143. The van der Waals surface area contributed by atoms with Crippen molar-refractivity contribution in [3.63, 3.8) is 0 Å². The number of hydrogen-bond donors (Lipinski definition) is 0. The molecule has 1 aliphatic rings. The molecule has 3 aromatic carbocycles. The van der Waals surface area contributed by atoms with E-state index in [1.54, 1.807) is 0 Å². The summed E-state index contributed by atoms with van der Waals surface area (Å²) in [4.78, 5) is 2.34. The van der Waals surface area contributed by atoms with Crippen molar-refractivity contribution < 1.29 is 4.74 Å². The molecule has 0 saturated heterocycles. The summed E-state index contributed by atoms with van der Waals surface area (Å²) in [5.41, 5.74) is 2.37. The van der Waals surface area contributed by atoms with E-state index in [0.717, 1.165) is 24.6 Å². The maximum atomic E-state index is 6.14. The van der Waals surface area contributed by atoms with Gasteiger partial charge in [0.05, 0.1) is 12.2 Å². The van der Waals surface area contributed by atoms with Gasteiger partial charge in [-0.25, -0.2) is 0 Å². The maximum absolute atomic E-state index is 6.14. The van der Waals surface area contributed by atoms with Crippen molar-refractivity contribution in [1.82, 2.24) is 0 Å². The van der Waals surface area contributed by atoms with E-state index in [1.165, 1.54) is 22.0 Å². The minimum Gasteiger partial charge on any atom is -0.458 e. The van der Waals surface area contributed by atoms with Gasteiger partial charge >= 0.3 is 0 Å². The number of benzene rings is 3. The highest BCUT2D eigenvalue weighted by molar-refractivity contribution is 5.91. The first-order valence-electron chi connectivity index (χ1n) is 8.05. The Balaban J connectivity index is 1.77. The lowest BCUT2D eigenvalue weighted by molar-refractivity contribution is 0.401. The molecule has 114 valence electrons. The number of ether oxygens (including phenoxy) is 1. The van der Waals surface area contributed by atoms with Gasteiger partial charge in [-0.3, -0.25) is 0 Å². The molecule has 0 amide bonds. The van der Waals surface area contributed by atoms with E-state index in [2.05, 4.69) is 72.5 Å². The fourth-order valence-electron chi connectivity index (χ4n) is 3.16. The highest BCUT2D eigenvalue weighted by atomic mass is 16.5. The standard InChI is InChI=1S/C21H19NO/c1-2-22-15-18(23-21-13-6-5-12-20(21)22)14-17-10-7-9-16-8-3-4-11-19(16)17/h3-14H,2,15H2,1H3/b18-14+. The minimum atomic E-state index is 0.802. The molecule has 23 heavy (non-hydrogen) atoms. The number of anilines is 1. The van der Waals surface area contributed by atoms with E-state index in [9.17, 15) is 0 Å². The summed E-state index contributed by atoms with van der Waals surface area (Å²) in [6.45, 7) is 3.95. The van der Waals surface area contributed by atoms with Gasteiger partial charge in [-0.05, 0) is 41.5 Å². The van der Waals surface area contributed by atoms with Gasteiger partial charge in [-0.2, -0.15) is 0 Å². The average molecular weight is 301 g/mol. The van der Waals surface area contributed by atoms with Crippen molar-refractivity contribution in [3.05, 3.63) is 78.1 Å². The van der Waals surface area contributed by atoms with E-state index in [1.807, 2.05) is 12.1 Å². The highest BCUT2D eigenvalue weighted by Gasteiger charge is 2.20. The summed E-state index contributed by atoms with van der Waals surface area (Å²) in [6.07, 6.45) is 2.17. The Morgan fingerprint density at radius 2 is 1.74 bits per heavy atom. The Morgan fingerprint density at radius 3 is 2.65 bits per heavy atom. The van der Waals surface area contributed by atoms with Gasteiger partial charge in [0, 0.05) is 6.54 Å². The zero-order chi connectivity index (χ0) is 15.6. The predicted molar refractivity (Wildman–Crippen MR) is 96.9 cm³/mol. The lowest BCUT2D eigenvalue weighted by Gasteiger charge is -2.31. The summed E-state index contributed by atoms with van der Waals surface area (Å²) in [5.74, 6) is 1.92. The van der Waals surface area contributed by atoms with E-state index in [0.29, 0.717) is 0 Å². The third-order valence-corrected chi connectivity index (χ3v) is 4.32. The molecule has 0 spiro atoms. The molecule has 0 aromatic heterocycles. The van der Waals surface area contributed by atoms with Crippen LogP contribution >= 0.6 is 0 Å². The van der Waals surface area contributed by atoms with E-state index < -0.39 is 0 Å². The Hall–Kier alpha value is -2.74. The van der Waals surface area contributed by atoms with Crippen LogP contribution in [0.1, 0.15) is 12.5 Å². The van der Waals surface area contributed by atoms with Crippen molar-refractivity contribution in [3.8, 4) is 5.75 Å². The summed E-state index contributed by atoms with van der Waals surface area (Å²) in [5, 5.41) is 2.51. The normalized spacial score (nSPS) is 15.5. The third kappa shape index (κ3) is 2.57. The van der Waals surface area contributed by atoms with Crippen LogP contribution in [0.25, 0.3) is 16.8 Å². The van der Waals surface area contributed by atoms with Gasteiger partial charge in [-0.1, -0.05) is 54.6 Å². The Labute approximate surface area is 136 Å². The number of fused-ring (bicyclic) bond motifs is 2. The van der Waals surface area contributed by atoms with Gasteiger partial charge in [0.2, 0.25) is 0 Å². The summed E-state index contributed by atoms with van der Waals surface area (Å²) < 4.78 is 6.14. The molecule has 2 heteroatoms. The largest absolute Gasteiger partial charge is 0.458 e. The smallest absolute Gasteiger partial charge is 0.150 e. The third-order valence-electron chi connectivity index (χ3n) is 4.32. The second-order valence-corrected chi connectivity index (χ2v) is 5.76. The van der Waals surface area contributed by atoms with Crippen molar-refractivity contribution in [2.24, 2.45) is 0 Å². The number of rotatable bonds is 2. The Kier molecular flexibility index (Phi) is 3.51. The fourth-order valence-corrected chi connectivity index (χ4v) is 3.16. The quantitative estimate of drug-likeness (QED) is 0.653. The molecule has 0 atom stereocenters. The van der Waals surface area contributed by atoms with Crippen molar-refractivity contribution >= 4 is 22.5 Å². The van der Waals surface area contributed by atoms with Gasteiger partial charge in [0.1, 0.15) is 11.5 Å². The first-order valence-corrected chi connectivity index (χ1v) is 8.05. The first-order chi connectivity index (χ1) is 11.3. The number of para-hydroxylation sites is 2. The van der Waals surface area contributed by atoms with E-state index >= 15 is 0 Å². The molecule has 0 fully saturated rings. The van der Waals surface area contributed by atoms with Crippen LogP contribution in [-0.2, 0) is 0 Å². The number of nitrogens with zero attached hydrogens (tertiary/aromatic N) is 1. The molecule has 3 aromatic rings. The molecule has 2 nitrogen and oxygen atoms in total. The Bertz CT molecular complexity index is 876. The molecule has 0 N–H and O–H groups in total. The second kappa shape index (κ2) is 5.81. The predicted octanol–water partition coefficient (Wildman–Crippen LogP) is 5.10. The minimum absolute atomic E-state index is 0.802. The van der Waals surface area contributed by atoms with Gasteiger partial charge in [0.15, 0.2) is 0 Å². The van der Waals surface area contributed by atoms with Crippen LogP contribution in [0.15, 0.2) is 72.5 Å². The molecule has 0 aliphatic carbocycles. The van der Waals surface area contributed by atoms with Crippen LogP contribution in [0.3, 0.4) is 0 Å². The molecule has 0 bridgehead atoms. The molecule has 0 saturated carbocycles. The van der Waals surface area contributed by atoms with Crippen LogP contribution in [0.5, 0.6) is 5.75 Å². The molecule has 1 heterocycles. The Morgan fingerprint density at radius 1 is 0.957 bits per heavy atom. The topological polar surface area (TPSA) is 12.5 Å². The van der Waals surface area contributed by atoms with Gasteiger partial charge < -0.3 is 9.64 Å². The van der Waals surface area contributed by atoms with Gasteiger partial charge in [-0.15, -0.1) is 0 Å². The number of hydrogen-bond acceptors (Lipinski definition) is 2. The monoisotopic (exact) mass is 301 g/mol. The number of likely N-dealkylation sites (N-methyl/N-ethyl adjacent to an activating group) is 1. The molecular weight excluding hydrogens is 282 g/mol. The average Bonchev–Trinajstić information content (AvgIpc) is 2.61. The molecular formula is C21H19NO. The highest BCUT2D eigenvalue weighted by Crippen LogP contribution is 2.35. The van der Waals surface area contributed by atoms with E-state index in [-0.39, 0.29) is 0 Å². The maximum Gasteiger partial charge on any atom is 0.150 e.